The molecule has 1 fully saturated rings. The van der Waals surface area contributed by atoms with Crippen LogP contribution in [0.4, 0.5) is 10.6 Å². The van der Waals surface area contributed by atoms with Gasteiger partial charge in [-0.05, 0) is 34.9 Å². The third-order valence-electron chi connectivity index (χ3n) is 6.97. The topological polar surface area (TPSA) is 105 Å². The minimum Gasteiger partial charge on any atom is -0.487 e. The summed E-state index contributed by atoms with van der Waals surface area (Å²) in [6.07, 6.45) is 5.10. The standard InChI is InChI=1S/C28H26ClN7O3/c1-34-25(36-11-8-24(37)33-28(36)38)13-32-27(34)19-4-5-20-15-35(16-21(20)12-19)14-18-2-6-22(7-3-18)39-17-23-26(29)31-10-9-30-23/h2-7,9-10,12-13H,8,11,14-17H2,1H3,(H,33,37,38). The van der Waals surface area contributed by atoms with E-state index in [0.717, 1.165) is 36.8 Å². The number of amides is 3. The summed E-state index contributed by atoms with van der Waals surface area (Å²) in [5.74, 6) is 1.92. The number of halogens is 1. The van der Waals surface area contributed by atoms with Crippen LogP contribution in [0.25, 0.3) is 11.4 Å². The molecular weight excluding hydrogens is 518 g/mol. The summed E-state index contributed by atoms with van der Waals surface area (Å²) < 4.78 is 7.71. The Balaban J connectivity index is 1.09. The molecule has 4 heterocycles. The van der Waals surface area contributed by atoms with E-state index < -0.39 is 6.03 Å². The lowest BCUT2D eigenvalue weighted by atomic mass is 10.1. The summed E-state index contributed by atoms with van der Waals surface area (Å²) in [6.45, 7) is 3.12. The van der Waals surface area contributed by atoms with Crippen molar-refractivity contribution in [2.75, 3.05) is 11.4 Å². The van der Waals surface area contributed by atoms with Crippen LogP contribution >= 0.6 is 11.6 Å². The van der Waals surface area contributed by atoms with Gasteiger partial charge in [-0.2, -0.15) is 0 Å². The molecule has 0 atom stereocenters. The summed E-state index contributed by atoms with van der Waals surface area (Å²) >= 11 is 6.05. The lowest BCUT2D eigenvalue weighted by Crippen LogP contribution is -2.50. The molecule has 3 amide bonds. The Morgan fingerprint density at radius 1 is 1.00 bits per heavy atom. The Labute approximate surface area is 230 Å². The van der Waals surface area contributed by atoms with Gasteiger partial charge in [0, 0.05) is 57.6 Å². The SMILES string of the molecule is Cn1c(N2CCC(=O)NC2=O)cnc1-c1ccc2c(c1)CN(Cc1ccc(OCc3nccnc3Cl)cc1)C2. The van der Waals surface area contributed by atoms with Gasteiger partial charge in [0.1, 0.15) is 29.7 Å². The second-order valence-electron chi connectivity index (χ2n) is 9.61. The maximum atomic E-state index is 12.3. The van der Waals surface area contributed by atoms with Gasteiger partial charge in [-0.1, -0.05) is 35.9 Å². The van der Waals surface area contributed by atoms with Crippen LogP contribution in [0.5, 0.6) is 5.75 Å². The summed E-state index contributed by atoms with van der Waals surface area (Å²) in [5, 5.41) is 2.71. The zero-order valence-electron chi connectivity index (χ0n) is 21.3. The van der Waals surface area contributed by atoms with Gasteiger partial charge in [-0.3, -0.25) is 24.9 Å². The van der Waals surface area contributed by atoms with Crippen LogP contribution < -0.4 is 15.0 Å². The first kappa shape index (κ1) is 25.0. The number of hydrogen-bond donors (Lipinski definition) is 1. The molecule has 0 spiro atoms. The normalized spacial score (nSPS) is 15.4. The number of nitrogens with zero attached hydrogens (tertiary/aromatic N) is 6. The van der Waals surface area contributed by atoms with Crippen LogP contribution in [0, 0.1) is 0 Å². The van der Waals surface area contributed by atoms with Crippen LogP contribution in [0.2, 0.25) is 5.15 Å². The number of benzene rings is 2. The summed E-state index contributed by atoms with van der Waals surface area (Å²) in [4.78, 5) is 40.6. The van der Waals surface area contributed by atoms with E-state index in [9.17, 15) is 9.59 Å². The average Bonchev–Trinajstić information content (AvgIpc) is 3.51. The quantitative estimate of drug-likeness (QED) is 0.374. The maximum Gasteiger partial charge on any atom is 0.329 e. The number of nitrogens with one attached hydrogen (secondary N) is 1. The highest BCUT2D eigenvalue weighted by Crippen LogP contribution is 2.31. The predicted octanol–water partition coefficient (Wildman–Crippen LogP) is 4.07. The Kier molecular flexibility index (Phi) is 6.72. The van der Waals surface area contributed by atoms with E-state index in [2.05, 4.69) is 55.5 Å². The van der Waals surface area contributed by atoms with Crippen molar-refractivity contribution in [3.05, 3.63) is 88.6 Å². The van der Waals surface area contributed by atoms with Crippen molar-refractivity contribution in [2.24, 2.45) is 7.05 Å². The molecule has 2 aliphatic heterocycles. The van der Waals surface area contributed by atoms with Crippen molar-refractivity contribution in [3.8, 4) is 17.1 Å². The molecular formula is C28H26ClN7O3. The highest BCUT2D eigenvalue weighted by atomic mass is 35.5. The van der Waals surface area contributed by atoms with Gasteiger partial charge in [0.15, 0.2) is 5.15 Å². The summed E-state index contributed by atoms with van der Waals surface area (Å²) in [5.41, 5.74) is 5.34. The number of aromatic nitrogens is 4. The number of hydrogen-bond acceptors (Lipinski definition) is 7. The van der Waals surface area contributed by atoms with Crippen LogP contribution in [0.15, 0.2) is 61.1 Å². The first-order valence-electron chi connectivity index (χ1n) is 12.6. The first-order chi connectivity index (χ1) is 18.9. The number of imide groups is 1. The maximum absolute atomic E-state index is 12.3. The molecule has 0 saturated carbocycles. The number of imidazole rings is 1. The number of carbonyl (C=O) groups is 2. The van der Waals surface area contributed by atoms with Crippen molar-refractivity contribution >= 4 is 29.4 Å². The van der Waals surface area contributed by atoms with Gasteiger partial charge in [0.05, 0.1) is 6.20 Å². The lowest BCUT2D eigenvalue weighted by Gasteiger charge is -2.26. The molecule has 6 rings (SSSR count). The molecule has 2 aromatic carbocycles. The predicted molar refractivity (Wildman–Crippen MR) is 145 cm³/mol. The van der Waals surface area contributed by atoms with Crippen LogP contribution in [0.3, 0.4) is 0 Å². The molecule has 0 radical (unpaired) electrons. The second kappa shape index (κ2) is 10.5. The largest absolute Gasteiger partial charge is 0.487 e. The van der Waals surface area contributed by atoms with Gasteiger partial charge >= 0.3 is 6.03 Å². The number of anilines is 1. The van der Waals surface area contributed by atoms with Crippen LogP contribution in [-0.2, 0) is 38.1 Å². The summed E-state index contributed by atoms with van der Waals surface area (Å²) in [7, 11) is 1.89. The molecule has 0 bridgehead atoms. The molecule has 0 unspecified atom stereocenters. The van der Waals surface area contributed by atoms with Gasteiger partial charge in [0.2, 0.25) is 5.91 Å². The second-order valence-corrected chi connectivity index (χ2v) is 9.97. The zero-order chi connectivity index (χ0) is 26.9. The third kappa shape index (κ3) is 5.21. The van der Waals surface area contributed by atoms with E-state index in [1.807, 2.05) is 23.7 Å². The molecule has 2 aromatic heterocycles. The third-order valence-corrected chi connectivity index (χ3v) is 7.29. The van der Waals surface area contributed by atoms with Crippen LogP contribution in [0.1, 0.15) is 28.8 Å². The van der Waals surface area contributed by atoms with Crippen molar-refractivity contribution in [3.63, 3.8) is 0 Å². The molecule has 0 aliphatic carbocycles. The van der Waals surface area contributed by atoms with E-state index in [0.29, 0.717) is 23.2 Å². The molecule has 10 nitrogen and oxygen atoms in total. The highest BCUT2D eigenvalue weighted by molar-refractivity contribution is 6.29. The van der Waals surface area contributed by atoms with E-state index in [4.69, 9.17) is 16.3 Å². The van der Waals surface area contributed by atoms with E-state index >= 15 is 0 Å². The van der Waals surface area contributed by atoms with E-state index in [-0.39, 0.29) is 18.9 Å². The Morgan fingerprint density at radius 3 is 2.59 bits per heavy atom. The average molecular weight is 544 g/mol. The Morgan fingerprint density at radius 2 is 1.79 bits per heavy atom. The van der Waals surface area contributed by atoms with Crippen LogP contribution in [-0.4, -0.2) is 42.9 Å². The Hall–Kier alpha value is -4.28. The molecule has 198 valence electrons. The molecule has 1 saturated heterocycles. The number of urea groups is 1. The lowest BCUT2D eigenvalue weighted by molar-refractivity contribution is -0.120. The fraction of sp³-hybridized carbons (Fsp3) is 0.250. The molecule has 1 N–H and O–H groups in total. The molecule has 2 aliphatic rings. The van der Waals surface area contributed by atoms with Crippen molar-refractivity contribution in [2.45, 2.75) is 32.7 Å². The monoisotopic (exact) mass is 543 g/mol. The van der Waals surface area contributed by atoms with Crippen molar-refractivity contribution in [1.29, 1.82) is 0 Å². The van der Waals surface area contributed by atoms with Crippen molar-refractivity contribution < 1.29 is 14.3 Å². The first-order valence-corrected chi connectivity index (χ1v) is 13.0. The molecule has 4 aromatic rings. The fourth-order valence-corrected chi connectivity index (χ4v) is 5.13. The Bertz CT molecular complexity index is 1550. The number of carbonyl (C=O) groups excluding carboxylic acids is 2. The van der Waals surface area contributed by atoms with Crippen molar-refractivity contribution in [1.82, 2.24) is 29.7 Å². The highest BCUT2D eigenvalue weighted by Gasteiger charge is 2.27. The smallest absolute Gasteiger partial charge is 0.329 e. The van der Waals surface area contributed by atoms with E-state index in [1.54, 1.807) is 23.5 Å². The number of fused-ring (bicyclic) bond motifs is 1. The number of ether oxygens (including phenoxy) is 1. The van der Waals surface area contributed by atoms with Gasteiger partial charge in [-0.15, -0.1) is 0 Å². The summed E-state index contributed by atoms with van der Waals surface area (Å²) in [6, 6.07) is 14.0. The van der Waals surface area contributed by atoms with Gasteiger partial charge in [0.25, 0.3) is 0 Å². The molecule has 39 heavy (non-hydrogen) atoms. The number of rotatable bonds is 7. The van der Waals surface area contributed by atoms with Gasteiger partial charge < -0.3 is 9.30 Å². The van der Waals surface area contributed by atoms with Gasteiger partial charge in [-0.25, -0.2) is 14.8 Å². The molecule has 11 heteroatoms. The minimum absolute atomic E-state index is 0.255. The van der Waals surface area contributed by atoms with E-state index in [1.165, 1.54) is 16.7 Å². The fourth-order valence-electron chi connectivity index (χ4n) is 4.97. The minimum atomic E-state index is -0.417. The zero-order valence-corrected chi connectivity index (χ0v) is 22.1.